The number of halogens is 1. The lowest BCUT2D eigenvalue weighted by molar-refractivity contribution is 0.0341. The third-order valence-electron chi connectivity index (χ3n) is 2.76. The smallest absolute Gasteiger partial charge is 0.342 e. The van der Waals surface area contributed by atoms with Crippen LogP contribution in [0.15, 0.2) is 41.1 Å². The van der Waals surface area contributed by atoms with Crippen LogP contribution in [0.3, 0.4) is 0 Å². The first-order chi connectivity index (χ1) is 9.08. The molecule has 0 radical (unpaired) electrons. The highest BCUT2D eigenvalue weighted by Crippen LogP contribution is 2.17. The Hall–Kier alpha value is -1.62. The molecule has 0 fully saturated rings. The number of rotatable bonds is 4. The predicted molar refractivity (Wildman–Crippen MR) is 75.9 cm³/mol. The van der Waals surface area contributed by atoms with Gasteiger partial charge in [-0.1, -0.05) is 30.3 Å². The van der Waals surface area contributed by atoms with Crippen LogP contribution in [-0.4, -0.2) is 21.9 Å². The first kappa shape index (κ1) is 13.8. The maximum atomic E-state index is 12.0. The summed E-state index contributed by atoms with van der Waals surface area (Å²) in [6.07, 6.45) is 2.02. The molecule has 1 atom stereocenters. The van der Waals surface area contributed by atoms with E-state index in [4.69, 9.17) is 4.74 Å². The summed E-state index contributed by atoms with van der Waals surface area (Å²) in [5.41, 5.74) is 1.59. The number of ether oxygens (including phenoxy) is 1. The Labute approximate surface area is 120 Å². The molecule has 0 N–H and O–H groups in total. The fourth-order valence-electron chi connectivity index (χ4n) is 1.79. The monoisotopic (exact) mass is 322 g/mol. The Bertz CT molecular complexity index is 566. The van der Waals surface area contributed by atoms with Gasteiger partial charge in [-0.3, -0.25) is 4.68 Å². The van der Waals surface area contributed by atoms with E-state index < -0.39 is 0 Å². The van der Waals surface area contributed by atoms with Crippen molar-refractivity contribution >= 4 is 21.9 Å². The van der Waals surface area contributed by atoms with Gasteiger partial charge in [0.05, 0.1) is 6.20 Å². The highest BCUT2D eigenvalue weighted by Gasteiger charge is 2.18. The minimum atomic E-state index is -0.358. The summed E-state index contributed by atoms with van der Waals surface area (Å²) in [7, 11) is 1.76. The van der Waals surface area contributed by atoms with Gasteiger partial charge in [0, 0.05) is 13.5 Å². The summed E-state index contributed by atoms with van der Waals surface area (Å²) in [6, 6.07) is 9.95. The van der Waals surface area contributed by atoms with E-state index in [0.29, 0.717) is 16.6 Å². The van der Waals surface area contributed by atoms with Gasteiger partial charge in [-0.2, -0.15) is 5.10 Å². The number of aromatic nitrogens is 2. The second-order valence-corrected chi connectivity index (χ2v) is 5.13. The zero-order valence-electron chi connectivity index (χ0n) is 10.8. The maximum Gasteiger partial charge on any atom is 0.342 e. The molecule has 0 spiro atoms. The summed E-state index contributed by atoms with van der Waals surface area (Å²) >= 11 is 3.31. The molecule has 2 aromatic rings. The summed E-state index contributed by atoms with van der Waals surface area (Å²) in [4.78, 5) is 12.0. The molecule has 0 aliphatic rings. The van der Waals surface area contributed by atoms with Crippen molar-refractivity contribution in [2.24, 2.45) is 7.05 Å². The van der Waals surface area contributed by atoms with Crippen molar-refractivity contribution in [2.45, 2.75) is 19.4 Å². The molecule has 2 rings (SSSR count). The fraction of sp³-hybridized carbons (Fsp3) is 0.286. The largest absolute Gasteiger partial charge is 0.459 e. The van der Waals surface area contributed by atoms with E-state index in [1.807, 2.05) is 37.3 Å². The third kappa shape index (κ3) is 3.44. The predicted octanol–water partition coefficient (Wildman–Crippen LogP) is 2.97. The molecule has 19 heavy (non-hydrogen) atoms. The van der Waals surface area contributed by atoms with Gasteiger partial charge in [0.25, 0.3) is 0 Å². The molecule has 0 amide bonds. The lowest BCUT2D eigenvalue weighted by Gasteiger charge is -2.12. The Kier molecular flexibility index (Phi) is 4.37. The lowest BCUT2D eigenvalue weighted by Crippen LogP contribution is -2.17. The number of hydrogen-bond donors (Lipinski definition) is 0. The number of carbonyl (C=O) groups excluding carboxylic acids is 1. The van der Waals surface area contributed by atoms with E-state index in [1.54, 1.807) is 11.7 Å². The van der Waals surface area contributed by atoms with Crippen molar-refractivity contribution in [3.8, 4) is 0 Å². The summed E-state index contributed by atoms with van der Waals surface area (Å²) in [6.45, 7) is 1.88. The topological polar surface area (TPSA) is 44.1 Å². The molecule has 0 saturated heterocycles. The summed E-state index contributed by atoms with van der Waals surface area (Å²) in [5.74, 6) is -0.358. The average molecular weight is 323 g/mol. The van der Waals surface area contributed by atoms with Crippen LogP contribution in [0.1, 0.15) is 22.8 Å². The van der Waals surface area contributed by atoms with Gasteiger partial charge < -0.3 is 4.74 Å². The van der Waals surface area contributed by atoms with Crippen LogP contribution in [0.4, 0.5) is 0 Å². The summed E-state index contributed by atoms with van der Waals surface area (Å²) in [5, 5.41) is 4.00. The summed E-state index contributed by atoms with van der Waals surface area (Å²) < 4.78 is 7.62. The molecule has 0 aliphatic carbocycles. The van der Waals surface area contributed by atoms with E-state index in [-0.39, 0.29) is 12.1 Å². The number of benzene rings is 1. The molecule has 0 bridgehead atoms. The molecule has 100 valence electrons. The highest BCUT2D eigenvalue weighted by molar-refractivity contribution is 9.10. The second kappa shape index (κ2) is 6.02. The van der Waals surface area contributed by atoms with E-state index in [2.05, 4.69) is 21.0 Å². The van der Waals surface area contributed by atoms with Crippen molar-refractivity contribution in [3.05, 3.63) is 52.3 Å². The molecule has 1 aromatic heterocycles. The number of aryl methyl sites for hydroxylation is 1. The van der Waals surface area contributed by atoms with Gasteiger partial charge in [0.2, 0.25) is 0 Å². The number of hydrogen-bond acceptors (Lipinski definition) is 3. The van der Waals surface area contributed by atoms with E-state index in [9.17, 15) is 4.79 Å². The van der Waals surface area contributed by atoms with Crippen LogP contribution >= 0.6 is 15.9 Å². The first-order valence-electron chi connectivity index (χ1n) is 6.00. The second-order valence-electron chi connectivity index (χ2n) is 4.38. The molecular weight excluding hydrogens is 308 g/mol. The Morgan fingerprint density at radius 2 is 2.11 bits per heavy atom. The minimum Gasteiger partial charge on any atom is -0.459 e. The average Bonchev–Trinajstić information content (AvgIpc) is 2.71. The van der Waals surface area contributed by atoms with Crippen molar-refractivity contribution < 1.29 is 9.53 Å². The van der Waals surface area contributed by atoms with Gasteiger partial charge in [-0.05, 0) is 28.4 Å². The van der Waals surface area contributed by atoms with Gasteiger partial charge in [-0.25, -0.2) is 4.79 Å². The first-order valence-corrected chi connectivity index (χ1v) is 6.79. The third-order valence-corrected chi connectivity index (χ3v) is 3.70. The molecule has 0 unspecified atom stereocenters. The van der Waals surface area contributed by atoms with E-state index in [0.717, 1.165) is 5.56 Å². The van der Waals surface area contributed by atoms with Gasteiger partial charge in [0.15, 0.2) is 0 Å². The molecule has 1 aromatic carbocycles. The van der Waals surface area contributed by atoms with E-state index >= 15 is 0 Å². The van der Waals surface area contributed by atoms with E-state index in [1.165, 1.54) is 6.20 Å². The van der Waals surface area contributed by atoms with Crippen LogP contribution in [0.2, 0.25) is 0 Å². The number of esters is 1. The van der Waals surface area contributed by atoms with Gasteiger partial charge in [0.1, 0.15) is 16.3 Å². The van der Waals surface area contributed by atoms with Crippen LogP contribution in [0.5, 0.6) is 0 Å². The minimum absolute atomic E-state index is 0.179. The van der Waals surface area contributed by atoms with Crippen molar-refractivity contribution in [1.29, 1.82) is 0 Å². The van der Waals surface area contributed by atoms with Crippen LogP contribution in [0.25, 0.3) is 0 Å². The van der Waals surface area contributed by atoms with Crippen molar-refractivity contribution in [3.63, 3.8) is 0 Å². The van der Waals surface area contributed by atoms with Crippen molar-refractivity contribution in [1.82, 2.24) is 9.78 Å². The zero-order chi connectivity index (χ0) is 13.8. The number of nitrogens with zero attached hydrogens (tertiary/aromatic N) is 2. The molecule has 4 nitrogen and oxygen atoms in total. The zero-order valence-corrected chi connectivity index (χ0v) is 12.4. The standard InChI is InChI=1S/C14H15BrN2O2/c1-10(8-11-6-4-3-5-7-11)19-14(18)12-9-16-17(2)13(12)15/h3-7,9-10H,8H2,1-2H3/t10-/m1/s1. The molecule has 5 heteroatoms. The Balaban J connectivity index is 1.97. The normalized spacial score (nSPS) is 12.2. The Morgan fingerprint density at radius 1 is 1.42 bits per heavy atom. The van der Waals surface area contributed by atoms with Crippen LogP contribution < -0.4 is 0 Å². The fourth-order valence-corrected chi connectivity index (χ4v) is 2.15. The maximum absolute atomic E-state index is 12.0. The SMILES string of the molecule is C[C@H](Cc1ccccc1)OC(=O)c1cnn(C)c1Br. The van der Waals surface area contributed by atoms with Crippen LogP contribution in [-0.2, 0) is 18.2 Å². The van der Waals surface area contributed by atoms with Gasteiger partial charge in [-0.15, -0.1) is 0 Å². The van der Waals surface area contributed by atoms with Crippen molar-refractivity contribution in [2.75, 3.05) is 0 Å². The molecule has 0 aliphatic heterocycles. The highest BCUT2D eigenvalue weighted by atomic mass is 79.9. The number of carbonyl (C=O) groups is 1. The van der Waals surface area contributed by atoms with Gasteiger partial charge >= 0.3 is 5.97 Å². The van der Waals surface area contributed by atoms with Crippen LogP contribution in [0, 0.1) is 0 Å². The molecule has 1 heterocycles. The molecular formula is C14H15BrN2O2. The molecule has 0 saturated carbocycles. The Morgan fingerprint density at radius 3 is 2.68 bits per heavy atom. The lowest BCUT2D eigenvalue weighted by atomic mass is 10.1. The quantitative estimate of drug-likeness (QED) is 0.813.